The van der Waals surface area contributed by atoms with Crippen molar-refractivity contribution in [2.24, 2.45) is 0 Å². The number of rotatable bonds is 15. The van der Waals surface area contributed by atoms with E-state index in [1.807, 2.05) is 55.5 Å². The molecule has 67 heavy (non-hydrogen) atoms. The van der Waals surface area contributed by atoms with Crippen LogP contribution in [0.4, 0.5) is 0 Å². The first-order valence-electron chi connectivity index (χ1n) is 21.4. The van der Waals surface area contributed by atoms with Crippen LogP contribution in [-0.4, -0.2) is 122 Å². The molecule has 364 valence electrons. The Balaban J connectivity index is 0.000000260. The van der Waals surface area contributed by atoms with Crippen LogP contribution < -0.4 is 9.47 Å². The molecule has 2 aliphatic heterocycles. The van der Waals surface area contributed by atoms with Crippen molar-refractivity contribution in [2.75, 3.05) is 35.0 Å². The third-order valence-electron chi connectivity index (χ3n) is 11.5. The monoisotopic (exact) mass is 972 g/mol. The van der Waals surface area contributed by atoms with Gasteiger partial charge in [-0.3, -0.25) is 14.4 Å². The molecule has 2 aliphatic rings. The van der Waals surface area contributed by atoms with Gasteiger partial charge in [-0.05, 0) is 90.0 Å². The predicted molar refractivity (Wildman–Crippen MR) is 244 cm³/mol. The topological polar surface area (TPSA) is 215 Å². The molecule has 2 saturated heterocycles. The largest absolute Gasteiger partial charge is 0.497 e. The summed E-state index contributed by atoms with van der Waals surface area (Å²) in [5, 5.41) is 41.5. The highest BCUT2D eigenvalue weighted by molar-refractivity contribution is 6.31. The van der Waals surface area contributed by atoms with Crippen LogP contribution in [0.2, 0.25) is 10.0 Å². The lowest BCUT2D eigenvalue weighted by molar-refractivity contribution is -0.366. The standard InChI is InChI=1S/C28H33ClO9.C21H25ClO7/c1-7-24-25(35-16(2)30)26(36-17(3)31)27(37-18(4)32)28(34-6,38-24)21-10-13-23(29)20(15-21)14-19-8-11-22(33-5)12-9-19;1-27-15-6-3-12(4-7-15)9-13-10-14(5-8-16(13)22)21(28-2)20(26)19(25)18(24)17(11-23)29-21/h8-13,15,24-27H,7,14H2,1-6H3;3-8,10,17-20,23-26H,9,11H2,1-2H3/t24-,25-,26+,27-,28+;17-,18-,19+,20-,21+/m11/s1. The Labute approximate surface area is 399 Å². The number of aliphatic hydroxyl groups is 4. The molecule has 0 aliphatic carbocycles. The normalized spacial score (nSPS) is 26.9. The van der Waals surface area contributed by atoms with Crippen LogP contribution in [0.15, 0.2) is 84.9 Å². The summed E-state index contributed by atoms with van der Waals surface area (Å²) in [5.74, 6) is -3.92. The van der Waals surface area contributed by atoms with Crippen LogP contribution in [0.25, 0.3) is 0 Å². The van der Waals surface area contributed by atoms with Gasteiger partial charge >= 0.3 is 17.9 Å². The van der Waals surface area contributed by atoms with E-state index >= 15 is 0 Å². The Morgan fingerprint density at radius 3 is 1.43 bits per heavy atom. The maximum Gasteiger partial charge on any atom is 0.303 e. The molecule has 0 aromatic heterocycles. The van der Waals surface area contributed by atoms with Crippen LogP contribution >= 0.6 is 23.2 Å². The summed E-state index contributed by atoms with van der Waals surface area (Å²) >= 11 is 12.9. The smallest absolute Gasteiger partial charge is 0.303 e. The first-order valence-corrected chi connectivity index (χ1v) is 22.1. The summed E-state index contributed by atoms with van der Waals surface area (Å²) < 4.78 is 50.8. The van der Waals surface area contributed by atoms with Gasteiger partial charge in [-0.15, -0.1) is 0 Å². The highest BCUT2D eigenvalue weighted by Crippen LogP contribution is 2.45. The molecule has 0 amide bonds. The van der Waals surface area contributed by atoms with Crippen molar-refractivity contribution in [1.29, 1.82) is 0 Å². The highest BCUT2D eigenvalue weighted by Gasteiger charge is 2.61. The number of aliphatic hydroxyl groups excluding tert-OH is 4. The summed E-state index contributed by atoms with van der Waals surface area (Å²) in [5.41, 5.74) is 4.38. The van der Waals surface area contributed by atoms with Gasteiger partial charge in [-0.1, -0.05) is 66.5 Å². The molecule has 6 rings (SSSR count). The zero-order valence-electron chi connectivity index (χ0n) is 38.5. The van der Waals surface area contributed by atoms with Gasteiger partial charge in [0.15, 0.2) is 12.2 Å². The lowest BCUT2D eigenvalue weighted by Gasteiger charge is -2.50. The van der Waals surface area contributed by atoms with Crippen molar-refractivity contribution in [1.82, 2.24) is 0 Å². The second-order valence-electron chi connectivity index (χ2n) is 15.9. The van der Waals surface area contributed by atoms with Gasteiger partial charge in [0.05, 0.1) is 20.8 Å². The predicted octanol–water partition coefficient (Wildman–Crippen LogP) is 5.55. The molecular weight excluding hydrogens is 915 g/mol. The number of carbonyl (C=O) groups is 3. The zero-order chi connectivity index (χ0) is 49.2. The van der Waals surface area contributed by atoms with E-state index in [1.54, 1.807) is 50.6 Å². The van der Waals surface area contributed by atoms with Gasteiger partial charge in [0.1, 0.15) is 42.0 Å². The third kappa shape index (κ3) is 12.1. The number of hydrogen-bond donors (Lipinski definition) is 4. The number of halogens is 2. The van der Waals surface area contributed by atoms with Crippen molar-refractivity contribution >= 4 is 41.1 Å². The lowest BCUT2D eigenvalue weighted by atomic mass is 9.85. The van der Waals surface area contributed by atoms with Gasteiger partial charge in [-0.2, -0.15) is 0 Å². The van der Waals surface area contributed by atoms with Gasteiger partial charge in [0.2, 0.25) is 17.7 Å². The van der Waals surface area contributed by atoms with Crippen molar-refractivity contribution in [2.45, 2.75) is 107 Å². The van der Waals surface area contributed by atoms with E-state index in [1.165, 1.54) is 35.0 Å². The zero-order valence-corrected chi connectivity index (χ0v) is 40.0. The van der Waals surface area contributed by atoms with E-state index in [0.29, 0.717) is 40.4 Å². The fraction of sp³-hybridized carbons (Fsp3) is 0.449. The van der Waals surface area contributed by atoms with Crippen molar-refractivity contribution in [3.8, 4) is 11.5 Å². The maximum atomic E-state index is 12.3. The SMILES string of the molecule is CC[C@H]1O[C@@](OC)(c2ccc(Cl)c(Cc3ccc(OC)cc3)c2)[C@H](OC(C)=O)[C@@H](OC(C)=O)[C@@H]1OC(C)=O.COc1ccc(Cc2cc([C@]3(OC)O[C@H](CO)[C@@H](O)[C@H](O)[C@H]3O)ccc2Cl)cc1. The number of carbonyl (C=O) groups excluding carboxylic acids is 3. The molecule has 16 nitrogen and oxygen atoms in total. The number of hydrogen-bond acceptors (Lipinski definition) is 16. The van der Waals surface area contributed by atoms with Crippen molar-refractivity contribution in [3.63, 3.8) is 0 Å². The molecule has 2 heterocycles. The molecule has 4 aromatic rings. The molecule has 0 radical (unpaired) electrons. The maximum absolute atomic E-state index is 12.3. The van der Waals surface area contributed by atoms with Crippen LogP contribution in [-0.2, 0) is 72.0 Å². The molecule has 4 aromatic carbocycles. The molecular formula is C49H58Cl2O16. The van der Waals surface area contributed by atoms with Crippen molar-refractivity contribution < 1.29 is 77.4 Å². The minimum absolute atomic E-state index is 0.375. The minimum Gasteiger partial charge on any atom is -0.497 e. The third-order valence-corrected chi connectivity index (χ3v) is 12.3. The highest BCUT2D eigenvalue weighted by atomic mass is 35.5. The fourth-order valence-corrected chi connectivity index (χ4v) is 8.58. The number of esters is 3. The second-order valence-corrected chi connectivity index (χ2v) is 16.7. The van der Waals surface area contributed by atoms with E-state index in [9.17, 15) is 34.8 Å². The number of ether oxygens (including phenoxy) is 9. The first-order chi connectivity index (χ1) is 31.9. The van der Waals surface area contributed by atoms with Gasteiger partial charge < -0.3 is 63.1 Å². The number of methoxy groups -OCH3 is 4. The van der Waals surface area contributed by atoms with E-state index in [-0.39, 0.29) is 0 Å². The fourth-order valence-electron chi connectivity index (χ4n) is 8.21. The van der Waals surface area contributed by atoms with Crippen molar-refractivity contribution in [3.05, 3.63) is 128 Å². The van der Waals surface area contributed by atoms with Crippen LogP contribution in [0.3, 0.4) is 0 Å². The average Bonchev–Trinajstić information content (AvgIpc) is 3.31. The molecule has 2 fully saturated rings. The van der Waals surface area contributed by atoms with E-state index in [2.05, 4.69) is 0 Å². The summed E-state index contributed by atoms with van der Waals surface area (Å²) in [6, 6.07) is 25.3. The van der Waals surface area contributed by atoms with Gasteiger partial charge in [0.25, 0.3) is 0 Å². The first kappa shape index (κ1) is 53.1. The molecule has 10 atom stereocenters. The number of benzene rings is 4. The molecule has 0 spiro atoms. The van der Waals surface area contributed by atoms with Gasteiger partial charge in [-0.25, -0.2) is 0 Å². The van der Waals surface area contributed by atoms with E-state index in [4.69, 9.17) is 65.8 Å². The Morgan fingerprint density at radius 1 is 0.597 bits per heavy atom. The average molecular weight is 974 g/mol. The Kier molecular flexibility index (Phi) is 18.6. The molecule has 0 bridgehead atoms. The minimum atomic E-state index is -1.77. The van der Waals surface area contributed by atoms with E-state index in [0.717, 1.165) is 33.8 Å². The molecule has 0 saturated carbocycles. The summed E-state index contributed by atoms with van der Waals surface area (Å²) in [4.78, 5) is 36.4. The lowest BCUT2D eigenvalue weighted by Crippen LogP contribution is -2.66. The van der Waals surface area contributed by atoms with Crippen LogP contribution in [0.1, 0.15) is 67.5 Å². The molecule has 0 unspecified atom stereocenters. The van der Waals surface area contributed by atoms with E-state index < -0.39 is 84.9 Å². The molecule has 18 heteroatoms. The van der Waals surface area contributed by atoms with Gasteiger partial charge in [0, 0.05) is 56.2 Å². The van der Waals surface area contributed by atoms with Crippen LogP contribution in [0.5, 0.6) is 11.5 Å². The quantitative estimate of drug-likeness (QED) is 0.0848. The summed E-state index contributed by atoms with van der Waals surface area (Å²) in [6.07, 6.45) is -8.69. The summed E-state index contributed by atoms with van der Waals surface area (Å²) in [6.45, 7) is 4.95. The second kappa shape index (κ2) is 23.4. The summed E-state index contributed by atoms with van der Waals surface area (Å²) in [7, 11) is 5.92. The Morgan fingerprint density at radius 2 is 1.03 bits per heavy atom. The molecule has 4 N–H and O–H groups in total. The Bertz CT molecular complexity index is 2290. The van der Waals surface area contributed by atoms with Crippen LogP contribution in [0, 0.1) is 0 Å². The Hall–Kier alpha value is -4.85.